The van der Waals surface area contributed by atoms with Crippen molar-refractivity contribution in [1.82, 2.24) is 4.98 Å². The molecule has 0 N–H and O–H groups in total. The predicted octanol–water partition coefficient (Wildman–Crippen LogP) is 4.71. The van der Waals surface area contributed by atoms with Crippen LogP contribution in [0.25, 0.3) is 11.1 Å². The molecule has 1 aromatic heterocycles. The quantitative estimate of drug-likeness (QED) is 0.431. The van der Waals surface area contributed by atoms with Gasteiger partial charge < -0.3 is 0 Å². The van der Waals surface area contributed by atoms with Crippen molar-refractivity contribution < 1.29 is 14.2 Å². The Morgan fingerprint density at radius 1 is 1.14 bits per heavy atom. The van der Waals surface area contributed by atoms with Gasteiger partial charge in [0.1, 0.15) is 5.82 Å². The molecule has 0 saturated carbocycles. The fourth-order valence-electron chi connectivity index (χ4n) is 2.70. The van der Waals surface area contributed by atoms with Crippen LogP contribution in [-0.2, 0) is 4.84 Å². The second-order valence-electron chi connectivity index (χ2n) is 6.02. The number of anilines is 1. The van der Waals surface area contributed by atoms with Crippen LogP contribution in [0.15, 0.2) is 77.1 Å². The summed E-state index contributed by atoms with van der Waals surface area (Å²) in [5.74, 6) is -0.479. The second-order valence-corrected chi connectivity index (χ2v) is 6.02. The first-order valence-corrected chi connectivity index (χ1v) is 8.67. The summed E-state index contributed by atoms with van der Waals surface area (Å²) in [5, 5.41) is 9.50. The van der Waals surface area contributed by atoms with Crippen LogP contribution in [0.5, 0.6) is 0 Å². The summed E-state index contributed by atoms with van der Waals surface area (Å²) in [5.41, 5.74) is 3.11. The van der Waals surface area contributed by atoms with Gasteiger partial charge in [-0.15, -0.1) is 0 Å². The van der Waals surface area contributed by atoms with Crippen LogP contribution in [0.3, 0.4) is 0 Å². The van der Waals surface area contributed by atoms with E-state index in [9.17, 15) is 9.30 Å². The van der Waals surface area contributed by atoms with Crippen molar-refractivity contribution >= 4 is 23.8 Å². The van der Waals surface area contributed by atoms with Gasteiger partial charge in [-0.25, -0.2) is 9.23 Å². The Morgan fingerprint density at radius 3 is 2.66 bits per heavy atom. The normalized spacial score (nSPS) is 11.1. The molecule has 2 aromatic carbocycles. The zero-order valence-electron chi connectivity index (χ0n) is 16.0. The molecular weight excluding hydrogens is 373 g/mol. The number of pyridine rings is 1. The summed E-state index contributed by atoms with van der Waals surface area (Å²) < 4.78 is 14.3. The molecule has 0 amide bonds. The molecule has 0 spiro atoms. The van der Waals surface area contributed by atoms with E-state index in [1.54, 1.807) is 49.5 Å². The molecule has 0 radical (unpaired) electrons. The van der Waals surface area contributed by atoms with Gasteiger partial charge in [0.15, 0.2) is 7.11 Å². The highest BCUT2D eigenvalue weighted by Crippen LogP contribution is 2.29. The summed E-state index contributed by atoms with van der Waals surface area (Å²) in [6.45, 7) is 5.30. The number of halogens is 1. The third kappa shape index (κ3) is 4.67. The minimum atomic E-state index is -0.479. The molecule has 0 fully saturated rings. The zero-order chi connectivity index (χ0) is 20.8. The highest BCUT2D eigenvalue weighted by Gasteiger charge is 2.16. The van der Waals surface area contributed by atoms with E-state index in [2.05, 4.69) is 26.7 Å². The van der Waals surface area contributed by atoms with Gasteiger partial charge in [-0.3, -0.25) is 4.98 Å². The Balaban J connectivity index is 2.00. The minimum absolute atomic E-state index is 0.290. The first-order valence-electron chi connectivity index (χ1n) is 8.67. The summed E-state index contributed by atoms with van der Waals surface area (Å²) in [7, 11) is 1.27. The predicted molar refractivity (Wildman–Crippen MR) is 111 cm³/mol. The lowest BCUT2D eigenvalue weighted by Gasteiger charge is -2.15. The van der Waals surface area contributed by atoms with Crippen molar-refractivity contribution in [2.24, 2.45) is 10.2 Å². The van der Waals surface area contributed by atoms with Crippen molar-refractivity contribution in [3.63, 3.8) is 0 Å². The van der Waals surface area contributed by atoms with E-state index in [4.69, 9.17) is 0 Å². The highest BCUT2D eigenvalue weighted by molar-refractivity contribution is 5.97. The third-order valence-corrected chi connectivity index (χ3v) is 4.08. The van der Waals surface area contributed by atoms with Crippen molar-refractivity contribution in [1.29, 1.82) is 0 Å². The molecule has 3 rings (SSSR count). The molecule has 1 heterocycles. The molecule has 7 nitrogen and oxygen atoms in total. The Kier molecular flexibility index (Phi) is 6.03. The lowest BCUT2D eigenvalue weighted by molar-refractivity contribution is -0.736. The van der Waals surface area contributed by atoms with Crippen LogP contribution >= 0.6 is 0 Å². The maximum Gasteiger partial charge on any atom is 0.317 e. The number of hydrazone groups is 2. The fraction of sp³-hybridized carbons (Fsp3) is 0.0952. The lowest BCUT2D eigenvalue weighted by Crippen LogP contribution is -2.12. The van der Waals surface area contributed by atoms with Gasteiger partial charge in [0, 0.05) is 31.1 Å². The second kappa shape index (κ2) is 8.83. The van der Waals surface area contributed by atoms with Crippen LogP contribution in [-0.4, -0.2) is 29.4 Å². The van der Waals surface area contributed by atoms with Crippen LogP contribution in [0.1, 0.15) is 12.6 Å². The van der Waals surface area contributed by atoms with Gasteiger partial charge in [-0.1, -0.05) is 18.2 Å². The van der Waals surface area contributed by atoms with E-state index in [1.165, 1.54) is 24.4 Å². The van der Waals surface area contributed by atoms with E-state index in [0.29, 0.717) is 38.8 Å². The van der Waals surface area contributed by atoms with Crippen LogP contribution in [0.4, 0.5) is 15.8 Å². The summed E-state index contributed by atoms with van der Waals surface area (Å²) in [6, 6.07) is 16.5. The smallest absolute Gasteiger partial charge is 0.255 e. The maximum atomic E-state index is 14.3. The van der Waals surface area contributed by atoms with Crippen LogP contribution in [0.2, 0.25) is 0 Å². The number of rotatable bonds is 7. The molecule has 0 aliphatic heterocycles. The minimum Gasteiger partial charge on any atom is -0.255 e. The van der Waals surface area contributed by atoms with Gasteiger partial charge in [0.05, 0.1) is 22.0 Å². The van der Waals surface area contributed by atoms with E-state index in [1.807, 2.05) is 12.1 Å². The monoisotopic (exact) mass is 392 g/mol. The first-order chi connectivity index (χ1) is 14.0. The molecule has 29 heavy (non-hydrogen) atoms. The standard InChI is InChI=1S/C21H19FN5O2/c1-15(21-9-4-5-10-24-21)25-26(23-2)20-13-17(11-18(22)14-20)16-7-6-8-19(12-16)27(28)29-3/h4-14H,2H2,1,3H3/q+1/b25-15+. The molecular formula is C21H19FN5O2+. The summed E-state index contributed by atoms with van der Waals surface area (Å²) >= 11 is 0. The van der Waals surface area contributed by atoms with Crippen molar-refractivity contribution in [2.75, 3.05) is 12.2 Å². The first kappa shape index (κ1) is 19.8. The van der Waals surface area contributed by atoms with Gasteiger partial charge >= 0.3 is 5.69 Å². The molecule has 0 aliphatic rings. The largest absolute Gasteiger partial charge is 0.317 e. The van der Waals surface area contributed by atoms with Gasteiger partial charge in [0.25, 0.3) is 4.92 Å². The number of nitrogens with zero attached hydrogens (tertiary/aromatic N) is 5. The number of hydrogen-bond acceptors (Lipinski definition) is 6. The lowest BCUT2D eigenvalue weighted by atomic mass is 10.0. The summed E-state index contributed by atoms with van der Waals surface area (Å²) in [4.78, 5) is 21.0. The van der Waals surface area contributed by atoms with Crippen molar-refractivity contribution in [3.8, 4) is 11.1 Å². The van der Waals surface area contributed by atoms with Gasteiger partial charge in [0.2, 0.25) is 0 Å². The molecule has 8 heteroatoms. The highest BCUT2D eigenvalue weighted by atomic mass is 19.1. The summed E-state index contributed by atoms with van der Waals surface area (Å²) in [6.07, 6.45) is 1.66. The molecule has 0 aliphatic carbocycles. The van der Waals surface area contributed by atoms with Crippen molar-refractivity contribution in [2.45, 2.75) is 6.92 Å². The average molecular weight is 392 g/mol. The maximum absolute atomic E-state index is 14.3. The molecule has 0 bridgehead atoms. The fourth-order valence-corrected chi connectivity index (χ4v) is 2.70. The number of aromatic nitrogens is 1. The zero-order valence-corrected chi connectivity index (χ0v) is 16.0. The third-order valence-electron chi connectivity index (χ3n) is 4.08. The van der Waals surface area contributed by atoms with Crippen LogP contribution < -0.4 is 5.12 Å². The Hall–Kier alpha value is -3.94. The van der Waals surface area contributed by atoms with E-state index in [0.717, 1.165) is 0 Å². The van der Waals surface area contributed by atoms with Gasteiger partial charge in [-0.05, 0) is 42.3 Å². The topological polar surface area (TPSA) is 70.2 Å². The van der Waals surface area contributed by atoms with E-state index >= 15 is 0 Å². The van der Waals surface area contributed by atoms with Crippen molar-refractivity contribution in [3.05, 3.63) is 83.3 Å². The number of benzene rings is 2. The molecule has 0 unspecified atom stereocenters. The molecule has 0 atom stereocenters. The Morgan fingerprint density at radius 2 is 1.97 bits per heavy atom. The average Bonchev–Trinajstić information content (AvgIpc) is 2.77. The molecule has 146 valence electrons. The molecule has 3 aromatic rings. The Labute approximate surface area is 167 Å². The van der Waals surface area contributed by atoms with E-state index in [-0.39, 0.29) is 0 Å². The SMILES string of the molecule is C=NN(/N=C(\C)c1ccccn1)c1cc(F)cc(-c2cccc([N+](=O)OC)c2)c1. The number of hydrogen-bond donors (Lipinski definition) is 0. The Bertz CT molecular complexity index is 1070. The molecule has 0 saturated heterocycles. The van der Waals surface area contributed by atoms with Crippen LogP contribution in [0, 0.1) is 10.7 Å². The van der Waals surface area contributed by atoms with E-state index < -0.39 is 5.82 Å². The van der Waals surface area contributed by atoms with Gasteiger partial charge in [-0.2, -0.15) is 15.3 Å².